The molecule has 0 radical (unpaired) electrons. The molecule has 5 nitrogen and oxygen atoms in total. The molecule has 0 unspecified atom stereocenters. The van der Waals surface area contributed by atoms with E-state index in [1.165, 1.54) is 0 Å². The standard InChI is InChI=1S/C11H16N4OS/c1-3-12-11-14-13-10(17-11)8-15(2)7-9-5-4-6-16-9/h4-6H,3,7-8H2,1-2H3,(H,12,14). The van der Waals surface area contributed by atoms with Crippen LogP contribution in [0.3, 0.4) is 0 Å². The quantitative estimate of drug-likeness (QED) is 0.854. The molecule has 2 aromatic heterocycles. The van der Waals surface area contributed by atoms with Crippen molar-refractivity contribution in [3.05, 3.63) is 29.2 Å². The Bertz CT molecular complexity index is 440. The molecule has 0 aromatic carbocycles. The molecule has 2 aromatic rings. The number of hydrogen-bond acceptors (Lipinski definition) is 6. The molecule has 0 amide bonds. The van der Waals surface area contributed by atoms with E-state index in [1.807, 2.05) is 26.1 Å². The van der Waals surface area contributed by atoms with E-state index in [-0.39, 0.29) is 0 Å². The fourth-order valence-electron chi connectivity index (χ4n) is 1.50. The Labute approximate surface area is 104 Å². The van der Waals surface area contributed by atoms with Crippen molar-refractivity contribution >= 4 is 16.5 Å². The highest BCUT2D eigenvalue weighted by Crippen LogP contribution is 2.17. The monoisotopic (exact) mass is 252 g/mol. The Balaban J connectivity index is 1.86. The maximum atomic E-state index is 5.30. The number of nitrogens with one attached hydrogen (secondary N) is 1. The zero-order valence-electron chi connectivity index (χ0n) is 10.0. The number of hydrogen-bond donors (Lipinski definition) is 1. The summed E-state index contributed by atoms with van der Waals surface area (Å²) in [6.45, 7) is 4.48. The van der Waals surface area contributed by atoms with Gasteiger partial charge in [0.15, 0.2) is 0 Å². The van der Waals surface area contributed by atoms with Gasteiger partial charge in [-0.15, -0.1) is 10.2 Å². The summed E-state index contributed by atoms with van der Waals surface area (Å²) in [6.07, 6.45) is 1.69. The van der Waals surface area contributed by atoms with Crippen molar-refractivity contribution < 1.29 is 4.42 Å². The molecule has 0 aliphatic carbocycles. The van der Waals surface area contributed by atoms with E-state index in [4.69, 9.17) is 4.42 Å². The normalized spacial score (nSPS) is 11.0. The fraction of sp³-hybridized carbons (Fsp3) is 0.455. The molecule has 0 saturated carbocycles. The summed E-state index contributed by atoms with van der Waals surface area (Å²) in [4.78, 5) is 2.15. The summed E-state index contributed by atoms with van der Waals surface area (Å²) in [5, 5.41) is 13.2. The van der Waals surface area contributed by atoms with Crippen LogP contribution in [0.25, 0.3) is 0 Å². The summed E-state index contributed by atoms with van der Waals surface area (Å²) in [6, 6.07) is 3.87. The first-order chi connectivity index (χ1) is 8.28. The maximum Gasteiger partial charge on any atom is 0.205 e. The Morgan fingerprint density at radius 2 is 2.29 bits per heavy atom. The molecule has 0 atom stereocenters. The van der Waals surface area contributed by atoms with E-state index in [0.29, 0.717) is 0 Å². The molecule has 0 aliphatic heterocycles. The van der Waals surface area contributed by atoms with E-state index in [9.17, 15) is 0 Å². The zero-order valence-corrected chi connectivity index (χ0v) is 10.8. The van der Waals surface area contributed by atoms with E-state index < -0.39 is 0 Å². The van der Waals surface area contributed by atoms with Gasteiger partial charge in [-0.1, -0.05) is 11.3 Å². The molecule has 2 heterocycles. The number of nitrogens with zero attached hydrogens (tertiary/aromatic N) is 3. The maximum absolute atomic E-state index is 5.30. The van der Waals surface area contributed by atoms with E-state index in [0.717, 1.165) is 35.5 Å². The van der Waals surface area contributed by atoms with Crippen LogP contribution < -0.4 is 5.32 Å². The van der Waals surface area contributed by atoms with Crippen LogP contribution in [0.1, 0.15) is 17.7 Å². The summed E-state index contributed by atoms with van der Waals surface area (Å²) in [5.41, 5.74) is 0. The zero-order chi connectivity index (χ0) is 12.1. The Hall–Kier alpha value is -1.40. The Morgan fingerprint density at radius 1 is 1.41 bits per heavy atom. The minimum absolute atomic E-state index is 0.781. The van der Waals surface area contributed by atoms with E-state index in [1.54, 1.807) is 17.6 Å². The molecule has 0 saturated heterocycles. The van der Waals surface area contributed by atoms with Gasteiger partial charge in [-0.2, -0.15) is 0 Å². The van der Waals surface area contributed by atoms with Crippen LogP contribution in [0.4, 0.5) is 5.13 Å². The van der Waals surface area contributed by atoms with Gasteiger partial charge in [-0.3, -0.25) is 4.90 Å². The molecule has 0 aliphatic rings. The number of furan rings is 1. The number of aromatic nitrogens is 2. The van der Waals surface area contributed by atoms with Crippen LogP contribution in [-0.4, -0.2) is 28.7 Å². The van der Waals surface area contributed by atoms with E-state index >= 15 is 0 Å². The van der Waals surface area contributed by atoms with Gasteiger partial charge in [0, 0.05) is 6.54 Å². The summed E-state index contributed by atoms with van der Waals surface area (Å²) < 4.78 is 5.30. The molecule has 0 bridgehead atoms. The molecule has 92 valence electrons. The van der Waals surface area contributed by atoms with Gasteiger partial charge in [-0.25, -0.2) is 0 Å². The third-order valence-electron chi connectivity index (χ3n) is 2.21. The van der Waals surface area contributed by atoms with Crippen molar-refractivity contribution in [2.75, 3.05) is 18.9 Å². The van der Waals surface area contributed by atoms with Crippen molar-refractivity contribution in [2.45, 2.75) is 20.0 Å². The molecule has 0 fully saturated rings. The first-order valence-electron chi connectivity index (χ1n) is 5.55. The van der Waals surface area contributed by atoms with Gasteiger partial charge in [-0.05, 0) is 26.1 Å². The minimum Gasteiger partial charge on any atom is -0.468 e. The molecule has 0 spiro atoms. The van der Waals surface area contributed by atoms with Crippen LogP contribution in [-0.2, 0) is 13.1 Å². The van der Waals surface area contributed by atoms with Crippen LogP contribution in [0, 0.1) is 0 Å². The lowest BCUT2D eigenvalue weighted by molar-refractivity contribution is 0.287. The summed E-state index contributed by atoms with van der Waals surface area (Å²) in [5.74, 6) is 0.962. The second kappa shape index (κ2) is 5.79. The second-order valence-corrected chi connectivity index (χ2v) is 4.85. The van der Waals surface area contributed by atoms with Gasteiger partial charge in [0.1, 0.15) is 10.8 Å². The first-order valence-corrected chi connectivity index (χ1v) is 6.36. The second-order valence-electron chi connectivity index (χ2n) is 3.78. The molecule has 1 N–H and O–H groups in total. The highest BCUT2D eigenvalue weighted by Gasteiger charge is 2.08. The largest absolute Gasteiger partial charge is 0.468 e. The predicted octanol–water partition coefficient (Wildman–Crippen LogP) is 2.19. The van der Waals surface area contributed by atoms with Crippen molar-refractivity contribution in [3.63, 3.8) is 0 Å². The van der Waals surface area contributed by atoms with Crippen LogP contribution in [0.2, 0.25) is 0 Å². The molecule has 17 heavy (non-hydrogen) atoms. The SMILES string of the molecule is CCNc1nnc(CN(C)Cc2ccco2)s1. The van der Waals surface area contributed by atoms with Crippen molar-refractivity contribution in [3.8, 4) is 0 Å². The van der Waals surface area contributed by atoms with Crippen molar-refractivity contribution in [2.24, 2.45) is 0 Å². The fourth-order valence-corrected chi connectivity index (χ4v) is 2.38. The lowest BCUT2D eigenvalue weighted by Crippen LogP contribution is -2.16. The van der Waals surface area contributed by atoms with Gasteiger partial charge in [0.25, 0.3) is 0 Å². The average Bonchev–Trinajstić information content (AvgIpc) is 2.91. The smallest absolute Gasteiger partial charge is 0.205 e. The lowest BCUT2D eigenvalue weighted by atomic mass is 10.4. The van der Waals surface area contributed by atoms with Gasteiger partial charge < -0.3 is 9.73 Å². The molecule has 2 rings (SSSR count). The Morgan fingerprint density at radius 3 is 3.00 bits per heavy atom. The number of anilines is 1. The predicted molar refractivity (Wildman–Crippen MR) is 68.0 cm³/mol. The summed E-state index contributed by atoms with van der Waals surface area (Å²) >= 11 is 1.59. The Kier molecular flexibility index (Phi) is 4.11. The van der Waals surface area contributed by atoms with Crippen LogP contribution in [0.5, 0.6) is 0 Å². The third kappa shape index (κ3) is 3.54. The highest BCUT2D eigenvalue weighted by atomic mass is 32.1. The first kappa shape index (κ1) is 12.1. The average molecular weight is 252 g/mol. The highest BCUT2D eigenvalue weighted by molar-refractivity contribution is 7.15. The molecular formula is C11H16N4OS. The van der Waals surface area contributed by atoms with Crippen LogP contribution in [0.15, 0.2) is 22.8 Å². The summed E-state index contributed by atoms with van der Waals surface area (Å²) in [7, 11) is 2.04. The van der Waals surface area contributed by atoms with Gasteiger partial charge >= 0.3 is 0 Å². The van der Waals surface area contributed by atoms with Gasteiger partial charge in [0.2, 0.25) is 5.13 Å². The topological polar surface area (TPSA) is 54.2 Å². The van der Waals surface area contributed by atoms with Gasteiger partial charge in [0.05, 0.1) is 19.4 Å². The molecule has 6 heteroatoms. The lowest BCUT2D eigenvalue weighted by Gasteiger charge is -2.12. The van der Waals surface area contributed by atoms with Crippen molar-refractivity contribution in [1.29, 1.82) is 0 Å². The van der Waals surface area contributed by atoms with Crippen molar-refractivity contribution in [1.82, 2.24) is 15.1 Å². The molecular weight excluding hydrogens is 236 g/mol. The minimum atomic E-state index is 0.781. The van der Waals surface area contributed by atoms with Crippen LogP contribution >= 0.6 is 11.3 Å². The number of rotatable bonds is 6. The van der Waals surface area contributed by atoms with E-state index in [2.05, 4.69) is 20.4 Å². The third-order valence-corrected chi connectivity index (χ3v) is 3.07.